The Morgan fingerprint density at radius 3 is 2.88 bits per heavy atom. The van der Waals surface area contributed by atoms with Crippen LogP contribution >= 0.6 is 22.9 Å². The molecule has 2 aromatic rings. The van der Waals surface area contributed by atoms with Gasteiger partial charge >= 0.3 is 0 Å². The summed E-state index contributed by atoms with van der Waals surface area (Å²) in [7, 11) is 0. The number of halogens is 1. The van der Waals surface area contributed by atoms with Gasteiger partial charge in [0.2, 0.25) is 5.95 Å². The predicted molar refractivity (Wildman–Crippen MR) is 74.0 cm³/mol. The Kier molecular flexibility index (Phi) is 3.74. The van der Waals surface area contributed by atoms with E-state index in [1.165, 1.54) is 4.88 Å². The summed E-state index contributed by atoms with van der Waals surface area (Å²) < 4.78 is 2.93. The number of hydrogen-bond donors (Lipinski definition) is 1. The first kappa shape index (κ1) is 12.5. The average Bonchev–Trinajstić information content (AvgIpc) is 2.85. The van der Waals surface area contributed by atoms with Crippen LogP contribution in [0, 0.1) is 6.92 Å². The van der Waals surface area contributed by atoms with E-state index >= 15 is 0 Å². The normalized spacial score (nSPS) is 12.7. The predicted octanol–water partition coefficient (Wildman–Crippen LogP) is 4.10. The Morgan fingerprint density at radius 2 is 2.29 bits per heavy atom. The lowest BCUT2D eigenvalue weighted by molar-refractivity contribution is 0.747. The summed E-state index contributed by atoms with van der Waals surface area (Å²) in [6.07, 6.45) is 2.05. The van der Waals surface area contributed by atoms with Gasteiger partial charge in [-0.2, -0.15) is 0 Å². The SMILES string of the molecule is CCn1cc(C)nc1NC(C)c1ccc(Cl)s1. The van der Waals surface area contributed by atoms with Gasteiger partial charge in [0.1, 0.15) is 0 Å². The summed E-state index contributed by atoms with van der Waals surface area (Å²) in [5, 5.41) is 3.42. The van der Waals surface area contributed by atoms with E-state index in [4.69, 9.17) is 11.6 Å². The maximum Gasteiger partial charge on any atom is 0.203 e. The molecule has 0 bridgehead atoms. The van der Waals surface area contributed by atoms with Crippen LogP contribution in [-0.2, 0) is 6.54 Å². The minimum Gasteiger partial charge on any atom is -0.348 e. The van der Waals surface area contributed by atoms with Gasteiger partial charge in [-0.3, -0.25) is 0 Å². The Hall–Kier alpha value is -1.000. The molecule has 0 saturated carbocycles. The first-order valence-corrected chi connectivity index (χ1v) is 6.85. The summed E-state index contributed by atoms with van der Waals surface area (Å²) in [4.78, 5) is 5.70. The third-order valence-corrected chi connectivity index (χ3v) is 4.02. The van der Waals surface area contributed by atoms with Crippen LogP contribution in [0.5, 0.6) is 0 Å². The average molecular weight is 270 g/mol. The zero-order valence-corrected chi connectivity index (χ0v) is 11.8. The minimum atomic E-state index is 0.222. The van der Waals surface area contributed by atoms with Gasteiger partial charge in [-0.25, -0.2) is 4.98 Å². The topological polar surface area (TPSA) is 29.9 Å². The van der Waals surface area contributed by atoms with Crippen LogP contribution in [0.3, 0.4) is 0 Å². The van der Waals surface area contributed by atoms with E-state index < -0.39 is 0 Å². The van der Waals surface area contributed by atoms with Crippen LogP contribution in [-0.4, -0.2) is 9.55 Å². The zero-order valence-electron chi connectivity index (χ0n) is 10.2. The molecular weight excluding hydrogens is 254 g/mol. The molecule has 92 valence electrons. The van der Waals surface area contributed by atoms with Gasteiger partial charge in [0.25, 0.3) is 0 Å². The van der Waals surface area contributed by atoms with Crippen molar-refractivity contribution in [1.29, 1.82) is 0 Å². The third-order valence-electron chi connectivity index (χ3n) is 2.60. The molecule has 2 heterocycles. The maximum absolute atomic E-state index is 5.94. The van der Waals surface area contributed by atoms with E-state index in [0.29, 0.717) is 0 Å². The second-order valence-electron chi connectivity index (χ2n) is 4.00. The molecule has 2 aromatic heterocycles. The van der Waals surface area contributed by atoms with E-state index in [9.17, 15) is 0 Å². The second kappa shape index (κ2) is 5.10. The summed E-state index contributed by atoms with van der Waals surface area (Å²) in [5.41, 5.74) is 1.03. The lowest BCUT2D eigenvalue weighted by Crippen LogP contribution is -2.10. The second-order valence-corrected chi connectivity index (χ2v) is 5.75. The van der Waals surface area contributed by atoms with Gasteiger partial charge < -0.3 is 9.88 Å². The molecule has 1 N–H and O–H groups in total. The number of hydrogen-bond acceptors (Lipinski definition) is 3. The van der Waals surface area contributed by atoms with Gasteiger partial charge in [0, 0.05) is 17.6 Å². The van der Waals surface area contributed by atoms with Crippen LogP contribution < -0.4 is 5.32 Å². The van der Waals surface area contributed by atoms with E-state index in [2.05, 4.69) is 41.0 Å². The molecule has 0 aliphatic rings. The molecule has 0 aromatic carbocycles. The van der Waals surface area contributed by atoms with Crippen molar-refractivity contribution >= 4 is 28.9 Å². The van der Waals surface area contributed by atoms with Crippen molar-refractivity contribution in [2.75, 3.05) is 5.32 Å². The van der Waals surface area contributed by atoms with E-state index in [1.807, 2.05) is 13.0 Å². The van der Waals surface area contributed by atoms with Crippen molar-refractivity contribution in [2.24, 2.45) is 0 Å². The van der Waals surface area contributed by atoms with E-state index in [1.54, 1.807) is 11.3 Å². The molecule has 0 radical (unpaired) electrons. The number of anilines is 1. The highest BCUT2D eigenvalue weighted by molar-refractivity contribution is 7.16. The standard InChI is InChI=1S/C12H16ClN3S/c1-4-16-7-8(2)14-12(16)15-9(3)10-5-6-11(13)17-10/h5-7,9H,4H2,1-3H3,(H,14,15). The molecule has 0 fully saturated rings. The monoisotopic (exact) mass is 269 g/mol. The van der Waals surface area contributed by atoms with Crippen molar-refractivity contribution in [3.63, 3.8) is 0 Å². The van der Waals surface area contributed by atoms with Gasteiger partial charge in [-0.05, 0) is 32.9 Å². The summed E-state index contributed by atoms with van der Waals surface area (Å²) in [6.45, 7) is 7.15. The minimum absolute atomic E-state index is 0.222. The lowest BCUT2D eigenvalue weighted by atomic mass is 10.3. The van der Waals surface area contributed by atoms with Gasteiger partial charge in [0.05, 0.1) is 16.1 Å². The number of nitrogens with one attached hydrogen (secondary N) is 1. The van der Waals surface area contributed by atoms with Crippen LogP contribution in [0.25, 0.3) is 0 Å². The highest BCUT2D eigenvalue weighted by atomic mass is 35.5. The number of thiophene rings is 1. The zero-order chi connectivity index (χ0) is 12.4. The fraction of sp³-hybridized carbons (Fsp3) is 0.417. The molecule has 0 saturated heterocycles. The molecular formula is C12H16ClN3S. The first-order valence-electron chi connectivity index (χ1n) is 5.65. The Bertz CT molecular complexity index is 504. The lowest BCUT2D eigenvalue weighted by Gasteiger charge is -2.13. The van der Waals surface area contributed by atoms with Crippen LogP contribution in [0.1, 0.15) is 30.5 Å². The highest BCUT2D eigenvalue weighted by Gasteiger charge is 2.11. The number of imidazole rings is 1. The summed E-state index contributed by atoms with van der Waals surface area (Å²) >= 11 is 7.54. The van der Waals surface area contributed by atoms with Crippen molar-refractivity contribution < 1.29 is 0 Å². The maximum atomic E-state index is 5.94. The number of aryl methyl sites for hydroxylation is 2. The van der Waals surface area contributed by atoms with Crippen molar-refractivity contribution in [2.45, 2.75) is 33.4 Å². The number of rotatable bonds is 4. The third kappa shape index (κ3) is 2.82. The molecule has 0 aliphatic carbocycles. The van der Waals surface area contributed by atoms with Gasteiger partial charge in [-0.15, -0.1) is 11.3 Å². The number of nitrogens with zero attached hydrogens (tertiary/aromatic N) is 2. The fourth-order valence-electron chi connectivity index (χ4n) is 1.73. The molecule has 0 amide bonds. The van der Waals surface area contributed by atoms with Crippen LogP contribution in [0.4, 0.5) is 5.95 Å². The summed E-state index contributed by atoms with van der Waals surface area (Å²) in [6, 6.07) is 4.20. The molecule has 17 heavy (non-hydrogen) atoms. The van der Waals surface area contributed by atoms with Crippen molar-refractivity contribution in [1.82, 2.24) is 9.55 Å². The van der Waals surface area contributed by atoms with E-state index in [-0.39, 0.29) is 6.04 Å². The number of aromatic nitrogens is 2. The molecule has 1 atom stereocenters. The Morgan fingerprint density at radius 1 is 1.53 bits per heavy atom. The van der Waals surface area contributed by atoms with E-state index in [0.717, 1.165) is 22.5 Å². The molecule has 0 spiro atoms. The molecule has 0 aliphatic heterocycles. The first-order chi connectivity index (χ1) is 8.10. The molecule has 1 unspecified atom stereocenters. The molecule has 5 heteroatoms. The van der Waals surface area contributed by atoms with Gasteiger partial charge in [0.15, 0.2) is 0 Å². The van der Waals surface area contributed by atoms with Crippen LogP contribution in [0.2, 0.25) is 4.34 Å². The largest absolute Gasteiger partial charge is 0.348 e. The van der Waals surface area contributed by atoms with Crippen molar-refractivity contribution in [3.05, 3.63) is 33.2 Å². The van der Waals surface area contributed by atoms with Crippen LogP contribution in [0.15, 0.2) is 18.3 Å². The quantitative estimate of drug-likeness (QED) is 0.906. The Labute approximate surface area is 110 Å². The smallest absolute Gasteiger partial charge is 0.203 e. The van der Waals surface area contributed by atoms with Gasteiger partial charge in [-0.1, -0.05) is 11.6 Å². The fourth-order valence-corrected chi connectivity index (χ4v) is 2.79. The van der Waals surface area contributed by atoms with Crippen molar-refractivity contribution in [3.8, 4) is 0 Å². The molecule has 2 rings (SSSR count). The highest BCUT2D eigenvalue weighted by Crippen LogP contribution is 2.28. The molecule has 3 nitrogen and oxygen atoms in total. The Balaban J connectivity index is 2.14. The summed E-state index contributed by atoms with van der Waals surface area (Å²) in [5.74, 6) is 0.919.